The number of anilines is 1. The number of carbonyl (C=O) groups excluding carboxylic acids is 2. The molecule has 110 valence electrons. The third-order valence-electron chi connectivity index (χ3n) is 3.16. The SMILES string of the molecule is O=C1NC(=O)[C@H](CCCNc2ccn3ncc(Br)c3n2)N1. The van der Waals surface area contributed by atoms with Crippen LogP contribution in [0.5, 0.6) is 0 Å². The third kappa shape index (κ3) is 2.97. The monoisotopic (exact) mass is 352 g/mol. The van der Waals surface area contributed by atoms with Crippen LogP contribution in [0.2, 0.25) is 0 Å². The number of amides is 3. The fraction of sp³-hybridized carbons (Fsp3) is 0.333. The standard InChI is InChI=1S/C12H13BrN6O2/c13-7-6-15-19-5-3-9(17-10(7)19)14-4-1-2-8-11(20)18-12(21)16-8/h3,5-6,8H,1-2,4H2,(H,14,17)(H2,16,18,20,21)/t8-/m0/s1. The van der Waals surface area contributed by atoms with Crippen LogP contribution >= 0.6 is 15.9 Å². The first-order chi connectivity index (χ1) is 10.1. The van der Waals surface area contributed by atoms with Crippen molar-refractivity contribution in [2.45, 2.75) is 18.9 Å². The van der Waals surface area contributed by atoms with E-state index in [1.807, 2.05) is 12.3 Å². The minimum atomic E-state index is -0.432. The molecule has 2 aromatic heterocycles. The summed E-state index contributed by atoms with van der Waals surface area (Å²) in [5.41, 5.74) is 0.738. The molecule has 2 aromatic rings. The maximum atomic E-state index is 11.4. The minimum Gasteiger partial charge on any atom is -0.370 e. The summed E-state index contributed by atoms with van der Waals surface area (Å²) < 4.78 is 2.50. The first kappa shape index (κ1) is 13.8. The van der Waals surface area contributed by atoms with Crippen LogP contribution < -0.4 is 16.0 Å². The van der Waals surface area contributed by atoms with Crippen molar-refractivity contribution < 1.29 is 9.59 Å². The van der Waals surface area contributed by atoms with Gasteiger partial charge in [0.25, 0.3) is 5.91 Å². The highest BCUT2D eigenvalue weighted by Crippen LogP contribution is 2.16. The molecule has 0 bridgehead atoms. The molecule has 1 saturated heterocycles. The first-order valence-electron chi connectivity index (χ1n) is 6.48. The number of halogens is 1. The molecule has 9 heteroatoms. The normalized spacial score (nSPS) is 17.9. The number of imide groups is 1. The number of nitrogens with zero attached hydrogens (tertiary/aromatic N) is 3. The van der Waals surface area contributed by atoms with Crippen molar-refractivity contribution in [1.82, 2.24) is 25.2 Å². The largest absolute Gasteiger partial charge is 0.370 e. The van der Waals surface area contributed by atoms with Gasteiger partial charge in [0.2, 0.25) is 0 Å². The van der Waals surface area contributed by atoms with E-state index in [0.717, 1.165) is 22.4 Å². The summed E-state index contributed by atoms with van der Waals surface area (Å²) in [5, 5.41) is 12.1. The first-order valence-corrected chi connectivity index (χ1v) is 7.28. The number of rotatable bonds is 5. The van der Waals surface area contributed by atoms with E-state index in [0.29, 0.717) is 13.0 Å². The quantitative estimate of drug-likeness (QED) is 0.548. The zero-order valence-corrected chi connectivity index (χ0v) is 12.6. The van der Waals surface area contributed by atoms with Gasteiger partial charge in [-0.3, -0.25) is 10.1 Å². The molecule has 1 aliphatic heterocycles. The van der Waals surface area contributed by atoms with Gasteiger partial charge >= 0.3 is 6.03 Å². The molecule has 3 rings (SSSR count). The Morgan fingerprint density at radius 1 is 1.43 bits per heavy atom. The van der Waals surface area contributed by atoms with Gasteiger partial charge in [0.1, 0.15) is 11.9 Å². The minimum absolute atomic E-state index is 0.261. The molecule has 0 aromatic carbocycles. The van der Waals surface area contributed by atoms with E-state index in [1.54, 1.807) is 10.7 Å². The van der Waals surface area contributed by atoms with Crippen LogP contribution in [0.25, 0.3) is 5.65 Å². The third-order valence-corrected chi connectivity index (χ3v) is 3.72. The predicted molar refractivity (Wildman–Crippen MR) is 78.9 cm³/mol. The average Bonchev–Trinajstić information content (AvgIpc) is 2.98. The molecule has 0 unspecified atom stereocenters. The van der Waals surface area contributed by atoms with Gasteiger partial charge in [-0.05, 0) is 34.8 Å². The van der Waals surface area contributed by atoms with E-state index in [-0.39, 0.29) is 5.91 Å². The number of hydrogen-bond acceptors (Lipinski definition) is 5. The van der Waals surface area contributed by atoms with Crippen molar-refractivity contribution in [3.05, 3.63) is 22.9 Å². The van der Waals surface area contributed by atoms with Crippen molar-refractivity contribution in [3.63, 3.8) is 0 Å². The van der Waals surface area contributed by atoms with Gasteiger partial charge in [-0.2, -0.15) is 5.10 Å². The summed E-state index contributed by atoms with van der Waals surface area (Å²) in [6, 6.07) is 0.977. The molecular weight excluding hydrogens is 340 g/mol. The maximum absolute atomic E-state index is 11.4. The van der Waals surface area contributed by atoms with Crippen LogP contribution in [0.1, 0.15) is 12.8 Å². The molecule has 3 amide bonds. The maximum Gasteiger partial charge on any atom is 0.322 e. The van der Waals surface area contributed by atoms with E-state index in [1.165, 1.54) is 0 Å². The topological polar surface area (TPSA) is 100 Å². The second kappa shape index (κ2) is 5.68. The van der Waals surface area contributed by atoms with Crippen LogP contribution in [-0.2, 0) is 4.79 Å². The van der Waals surface area contributed by atoms with E-state index >= 15 is 0 Å². The lowest BCUT2D eigenvalue weighted by Gasteiger charge is -2.08. The molecule has 21 heavy (non-hydrogen) atoms. The Hall–Kier alpha value is -2.16. The average molecular weight is 353 g/mol. The van der Waals surface area contributed by atoms with E-state index in [4.69, 9.17) is 0 Å². The van der Waals surface area contributed by atoms with Crippen molar-refractivity contribution in [1.29, 1.82) is 0 Å². The lowest BCUT2D eigenvalue weighted by molar-refractivity contribution is -0.120. The van der Waals surface area contributed by atoms with Gasteiger partial charge < -0.3 is 10.6 Å². The lowest BCUT2D eigenvalue weighted by Crippen LogP contribution is -2.29. The summed E-state index contributed by atoms with van der Waals surface area (Å²) in [7, 11) is 0. The van der Waals surface area contributed by atoms with Crippen LogP contribution in [0.3, 0.4) is 0 Å². The molecule has 3 heterocycles. The van der Waals surface area contributed by atoms with Crippen molar-refractivity contribution >= 4 is 39.3 Å². The highest BCUT2D eigenvalue weighted by molar-refractivity contribution is 9.10. The van der Waals surface area contributed by atoms with Gasteiger partial charge in [-0.15, -0.1) is 0 Å². The fourth-order valence-corrected chi connectivity index (χ4v) is 2.49. The predicted octanol–water partition coefficient (Wildman–Crippen LogP) is 0.892. The number of nitrogens with one attached hydrogen (secondary N) is 3. The number of urea groups is 1. The van der Waals surface area contributed by atoms with Gasteiger partial charge in [0, 0.05) is 12.7 Å². The molecular formula is C12H13BrN6O2. The Morgan fingerprint density at radius 3 is 3.05 bits per heavy atom. The second-order valence-corrected chi connectivity index (χ2v) is 5.51. The highest BCUT2D eigenvalue weighted by Gasteiger charge is 2.28. The zero-order valence-electron chi connectivity index (χ0n) is 11.0. The smallest absolute Gasteiger partial charge is 0.322 e. The van der Waals surface area contributed by atoms with Crippen molar-refractivity contribution in [2.24, 2.45) is 0 Å². The summed E-state index contributed by atoms with van der Waals surface area (Å²) in [6.45, 7) is 0.661. The van der Waals surface area contributed by atoms with Crippen LogP contribution in [-0.4, -0.2) is 39.1 Å². The van der Waals surface area contributed by atoms with Crippen LogP contribution in [0.15, 0.2) is 22.9 Å². The van der Waals surface area contributed by atoms with E-state index in [2.05, 4.69) is 42.0 Å². The van der Waals surface area contributed by atoms with Gasteiger partial charge in [0.05, 0.1) is 10.7 Å². The number of carbonyl (C=O) groups is 2. The Bertz CT molecular complexity index is 700. The Balaban J connectivity index is 1.51. The fourth-order valence-electron chi connectivity index (χ4n) is 2.12. The second-order valence-electron chi connectivity index (χ2n) is 4.66. The van der Waals surface area contributed by atoms with Gasteiger partial charge in [0.15, 0.2) is 5.65 Å². The molecule has 1 atom stereocenters. The summed E-state index contributed by atoms with van der Waals surface area (Å²) in [5.74, 6) is 0.478. The molecule has 1 fully saturated rings. The molecule has 0 spiro atoms. The zero-order chi connectivity index (χ0) is 14.8. The number of aromatic nitrogens is 3. The Morgan fingerprint density at radius 2 is 2.29 bits per heavy atom. The highest BCUT2D eigenvalue weighted by atomic mass is 79.9. The van der Waals surface area contributed by atoms with Gasteiger partial charge in [-0.1, -0.05) is 0 Å². The van der Waals surface area contributed by atoms with Crippen LogP contribution in [0, 0.1) is 0 Å². The summed E-state index contributed by atoms with van der Waals surface area (Å²) >= 11 is 3.38. The summed E-state index contributed by atoms with van der Waals surface area (Å²) in [4.78, 5) is 26.8. The number of fused-ring (bicyclic) bond motifs is 1. The van der Waals surface area contributed by atoms with E-state index in [9.17, 15) is 9.59 Å². The lowest BCUT2D eigenvalue weighted by atomic mass is 10.1. The molecule has 3 N–H and O–H groups in total. The molecule has 1 aliphatic rings. The van der Waals surface area contributed by atoms with E-state index < -0.39 is 12.1 Å². The van der Waals surface area contributed by atoms with Gasteiger partial charge in [-0.25, -0.2) is 14.3 Å². The van der Waals surface area contributed by atoms with Crippen molar-refractivity contribution in [2.75, 3.05) is 11.9 Å². The Kier molecular flexibility index (Phi) is 3.74. The molecule has 0 saturated carbocycles. The molecule has 8 nitrogen and oxygen atoms in total. The summed E-state index contributed by atoms with van der Waals surface area (Å²) in [6.07, 6.45) is 4.84. The number of hydrogen-bond donors (Lipinski definition) is 3. The van der Waals surface area contributed by atoms with Crippen LogP contribution in [0.4, 0.5) is 10.6 Å². The Labute approximate surface area is 128 Å². The molecule has 0 radical (unpaired) electrons. The van der Waals surface area contributed by atoms with Crippen molar-refractivity contribution in [3.8, 4) is 0 Å². The molecule has 0 aliphatic carbocycles.